The Bertz CT molecular complexity index is 925. The van der Waals surface area contributed by atoms with Crippen LogP contribution in [-0.4, -0.2) is 44.9 Å². The highest BCUT2D eigenvalue weighted by Gasteiger charge is 2.26. The Morgan fingerprint density at radius 3 is 2.58 bits per heavy atom. The number of benzene rings is 2. The van der Waals surface area contributed by atoms with Crippen LogP contribution in [0, 0.1) is 10.5 Å². The summed E-state index contributed by atoms with van der Waals surface area (Å²) < 4.78 is 33.2. The molecular formula is C18H19IN2O4S. The standard InChI is InChI=1S/C18H19IN2O4S/c1-13-5-6-16(26(23,24)21-7-9-25-10-8-21)12-17(13)20-18(22)14-3-2-4-15(19)11-14/h2-6,11-12H,7-10H2,1H3,(H,20,22). The first kappa shape index (κ1) is 19.3. The quantitative estimate of drug-likeness (QED) is 0.675. The Hall–Kier alpha value is -1.49. The van der Waals surface area contributed by atoms with Crippen LogP contribution in [0.25, 0.3) is 0 Å². The molecule has 1 N–H and O–H groups in total. The van der Waals surface area contributed by atoms with Crippen molar-refractivity contribution in [3.8, 4) is 0 Å². The van der Waals surface area contributed by atoms with Crippen LogP contribution < -0.4 is 5.32 Å². The molecule has 0 saturated carbocycles. The molecule has 1 aliphatic heterocycles. The van der Waals surface area contributed by atoms with E-state index < -0.39 is 10.0 Å². The van der Waals surface area contributed by atoms with Crippen LogP contribution in [0.2, 0.25) is 0 Å². The van der Waals surface area contributed by atoms with Gasteiger partial charge in [0, 0.05) is 27.9 Å². The smallest absolute Gasteiger partial charge is 0.255 e. The van der Waals surface area contributed by atoms with Gasteiger partial charge in [0.25, 0.3) is 5.91 Å². The minimum absolute atomic E-state index is 0.169. The molecule has 8 heteroatoms. The number of amides is 1. The second kappa shape index (κ2) is 8.03. The molecule has 0 aromatic heterocycles. The van der Waals surface area contributed by atoms with Crippen molar-refractivity contribution >= 4 is 44.2 Å². The number of carbonyl (C=O) groups is 1. The van der Waals surface area contributed by atoms with E-state index in [9.17, 15) is 13.2 Å². The summed E-state index contributed by atoms with van der Waals surface area (Å²) in [5.41, 5.74) is 1.81. The first-order valence-electron chi connectivity index (χ1n) is 8.13. The number of morpholine rings is 1. The lowest BCUT2D eigenvalue weighted by Gasteiger charge is -2.26. The number of sulfonamides is 1. The lowest BCUT2D eigenvalue weighted by atomic mass is 10.1. The van der Waals surface area contributed by atoms with E-state index in [2.05, 4.69) is 27.9 Å². The summed E-state index contributed by atoms with van der Waals surface area (Å²) in [6.07, 6.45) is 0. The number of carbonyl (C=O) groups excluding carboxylic acids is 1. The van der Waals surface area contributed by atoms with Crippen LogP contribution in [0.3, 0.4) is 0 Å². The van der Waals surface area contributed by atoms with E-state index in [1.165, 1.54) is 10.4 Å². The van der Waals surface area contributed by atoms with E-state index in [1.54, 1.807) is 24.3 Å². The van der Waals surface area contributed by atoms with Crippen LogP contribution in [0.4, 0.5) is 5.69 Å². The van der Waals surface area contributed by atoms with Crippen molar-refractivity contribution in [2.75, 3.05) is 31.6 Å². The van der Waals surface area contributed by atoms with E-state index in [4.69, 9.17) is 4.74 Å². The zero-order valence-corrected chi connectivity index (χ0v) is 17.2. The van der Waals surface area contributed by atoms with Gasteiger partial charge in [-0.25, -0.2) is 8.42 Å². The molecule has 26 heavy (non-hydrogen) atoms. The second-order valence-corrected chi connectivity index (χ2v) is 9.14. The maximum atomic E-state index is 12.8. The van der Waals surface area contributed by atoms with Crippen molar-refractivity contribution in [1.29, 1.82) is 0 Å². The zero-order valence-electron chi connectivity index (χ0n) is 14.2. The second-order valence-electron chi connectivity index (χ2n) is 5.96. The Balaban J connectivity index is 1.87. The number of halogens is 1. The molecule has 0 bridgehead atoms. The van der Waals surface area contributed by atoms with Gasteiger partial charge in [0.2, 0.25) is 10.0 Å². The molecule has 6 nitrogen and oxygen atoms in total. The van der Waals surface area contributed by atoms with E-state index in [0.717, 1.165) is 9.13 Å². The molecule has 0 spiro atoms. The largest absolute Gasteiger partial charge is 0.379 e. The fraction of sp³-hybridized carbons (Fsp3) is 0.278. The molecule has 1 fully saturated rings. The first-order valence-corrected chi connectivity index (χ1v) is 10.7. The van der Waals surface area contributed by atoms with Crippen molar-refractivity contribution in [2.24, 2.45) is 0 Å². The summed E-state index contributed by atoms with van der Waals surface area (Å²) in [5.74, 6) is -0.271. The first-order chi connectivity index (χ1) is 12.4. The molecule has 0 radical (unpaired) electrons. The third kappa shape index (κ3) is 4.25. The maximum absolute atomic E-state index is 12.8. The Kier molecular flexibility index (Phi) is 5.96. The van der Waals surface area contributed by atoms with Crippen LogP contribution in [0.15, 0.2) is 47.4 Å². The molecule has 1 heterocycles. The lowest BCUT2D eigenvalue weighted by molar-refractivity contribution is 0.0730. The molecule has 0 unspecified atom stereocenters. The highest BCUT2D eigenvalue weighted by Crippen LogP contribution is 2.24. The fourth-order valence-corrected chi connectivity index (χ4v) is 4.63. The average molecular weight is 486 g/mol. The fourth-order valence-electron chi connectivity index (χ4n) is 2.66. The lowest BCUT2D eigenvalue weighted by Crippen LogP contribution is -2.40. The van der Waals surface area contributed by atoms with Crippen LogP contribution in [0.5, 0.6) is 0 Å². The number of nitrogens with one attached hydrogen (secondary N) is 1. The molecule has 2 aromatic rings. The molecule has 1 amide bonds. The van der Waals surface area contributed by atoms with Crippen molar-refractivity contribution in [3.05, 3.63) is 57.2 Å². The van der Waals surface area contributed by atoms with Gasteiger partial charge < -0.3 is 10.1 Å². The van der Waals surface area contributed by atoms with Gasteiger partial charge in [0.1, 0.15) is 0 Å². The molecule has 0 atom stereocenters. The number of ether oxygens (including phenoxy) is 1. The summed E-state index contributed by atoms with van der Waals surface area (Å²) in [6, 6.07) is 12.0. The minimum Gasteiger partial charge on any atom is -0.379 e. The number of nitrogens with zero attached hydrogens (tertiary/aromatic N) is 1. The molecule has 1 aliphatic rings. The van der Waals surface area contributed by atoms with Crippen LogP contribution in [-0.2, 0) is 14.8 Å². The minimum atomic E-state index is -3.61. The van der Waals surface area contributed by atoms with Crippen molar-refractivity contribution in [1.82, 2.24) is 4.31 Å². The van der Waals surface area contributed by atoms with Crippen molar-refractivity contribution < 1.29 is 17.9 Å². The number of anilines is 1. The average Bonchev–Trinajstić information content (AvgIpc) is 2.64. The van der Waals surface area contributed by atoms with Gasteiger partial charge in [0.15, 0.2) is 0 Å². The Labute approximate surface area is 166 Å². The maximum Gasteiger partial charge on any atom is 0.255 e. The van der Waals surface area contributed by atoms with Gasteiger partial charge in [0.05, 0.1) is 18.1 Å². The highest BCUT2D eigenvalue weighted by molar-refractivity contribution is 14.1. The molecule has 0 aliphatic carbocycles. The number of rotatable bonds is 4. The molecule has 2 aromatic carbocycles. The van der Waals surface area contributed by atoms with Crippen molar-refractivity contribution in [2.45, 2.75) is 11.8 Å². The third-order valence-corrected chi connectivity index (χ3v) is 6.72. The number of hydrogen-bond acceptors (Lipinski definition) is 4. The predicted octanol–water partition coefficient (Wildman–Crippen LogP) is 2.87. The molecule has 3 rings (SSSR count). The van der Waals surface area contributed by atoms with Gasteiger partial charge >= 0.3 is 0 Å². The van der Waals surface area contributed by atoms with E-state index in [-0.39, 0.29) is 10.8 Å². The Morgan fingerprint density at radius 1 is 1.15 bits per heavy atom. The summed E-state index contributed by atoms with van der Waals surface area (Å²) in [6.45, 7) is 3.28. The van der Waals surface area contributed by atoms with Gasteiger partial charge in [-0.1, -0.05) is 12.1 Å². The molecule has 1 saturated heterocycles. The monoisotopic (exact) mass is 486 g/mol. The van der Waals surface area contributed by atoms with Gasteiger partial charge in [-0.15, -0.1) is 0 Å². The van der Waals surface area contributed by atoms with Crippen LogP contribution in [0.1, 0.15) is 15.9 Å². The molecular weight excluding hydrogens is 467 g/mol. The van der Waals surface area contributed by atoms with Gasteiger partial charge in [-0.2, -0.15) is 4.31 Å². The van der Waals surface area contributed by atoms with Gasteiger partial charge in [-0.05, 0) is 65.4 Å². The summed E-state index contributed by atoms with van der Waals surface area (Å²) in [5, 5.41) is 2.82. The number of aryl methyl sites for hydroxylation is 1. The van der Waals surface area contributed by atoms with Crippen molar-refractivity contribution in [3.63, 3.8) is 0 Å². The number of hydrogen-bond donors (Lipinski definition) is 1. The van der Waals surface area contributed by atoms with Gasteiger partial charge in [-0.3, -0.25) is 4.79 Å². The van der Waals surface area contributed by atoms with E-state index in [0.29, 0.717) is 37.6 Å². The van der Waals surface area contributed by atoms with Crippen LogP contribution >= 0.6 is 22.6 Å². The summed E-state index contributed by atoms with van der Waals surface area (Å²) in [4.78, 5) is 12.7. The SMILES string of the molecule is Cc1ccc(S(=O)(=O)N2CCOCC2)cc1NC(=O)c1cccc(I)c1. The normalized spacial score (nSPS) is 15.6. The Morgan fingerprint density at radius 2 is 1.88 bits per heavy atom. The predicted molar refractivity (Wildman–Crippen MR) is 108 cm³/mol. The highest BCUT2D eigenvalue weighted by atomic mass is 127. The van der Waals surface area contributed by atoms with E-state index >= 15 is 0 Å². The zero-order chi connectivity index (χ0) is 18.7. The summed E-state index contributed by atoms with van der Waals surface area (Å²) in [7, 11) is -3.61. The topological polar surface area (TPSA) is 75.7 Å². The molecule has 138 valence electrons. The van der Waals surface area contributed by atoms with E-state index in [1.807, 2.05) is 19.1 Å². The third-order valence-electron chi connectivity index (χ3n) is 4.15. The summed E-state index contributed by atoms with van der Waals surface area (Å²) >= 11 is 2.14.